The molecule has 1 aromatic heterocycles. The first-order chi connectivity index (χ1) is 19.2. The third-order valence-corrected chi connectivity index (χ3v) is 7.17. The van der Waals surface area contributed by atoms with Crippen molar-refractivity contribution in [1.82, 2.24) is 20.3 Å². The fraction of sp³-hybridized carbons (Fsp3) is 0.355. The van der Waals surface area contributed by atoms with Crippen LogP contribution in [0.1, 0.15) is 51.3 Å². The average molecular weight is 544 g/mol. The predicted octanol–water partition coefficient (Wildman–Crippen LogP) is 5.09. The van der Waals surface area contributed by atoms with Gasteiger partial charge in [-0.1, -0.05) is 55.5 Å². The Kier molecular flexibility index (Phi) is 8.72. The second kappa shape index (κ2) is 12.2. The van der Waals surface area contributed by atoms with Crippen LogP contribution in [0.2, 0.25) is 0 Å². The summed E-state index contributed by atoms with van der Waals surface area (Å²) in [6.45, 7) is 7.89. The lowest BCUT2D eigenvalue weighted by atomic mass is 9.97. The number of rotatable bonds is 11. The summed E-state index contributed by atoms with van der Waals surface area (Å²) in [5.74, 6) is 0.333. The number of para-hydroxylation sites is 1. The van der Waals surface area contributed by atoms with Crippen LogP contribution in [0.15, 0.2) is 66.7 Å². The summed E-state index contributed by atoms with van der Waals surface area (Å²) < 4.78 is 12.5. The van der Waals surface area contributed by atoms with Gasteiger partial charge in [0.05, 0.1) is 19.7 Å². The Morgan fingerprint density at radius 3 is 2.33 bits per heavy atom. The number of anilines is 1. The quantitative estimate of drug-likeness (QED) is 0.283. The monoisotopic (exact) mass is 543 g/mol. The molecule has 0 aliphatic carbocycles. The van der Waals surface area contributed by atoms with E-state index in [2.05, 4.69) is 22.6 Å². The first-order valence-corrected chi connectivity index (χ1v) is 13.4. The lowest BCUT2D eigenvalue weighted by molar-refractivity contribution is -0.128. The number of carbonyl (C=O) groups excluding carboxylic acids is 2. The molecule has 0 radical (unpaired) electrons. The molecule has 2 amide bonds. The van der Waals surface area contributed by atoms with Gasteiger partial charge in [-0.05, 0) is 62.1 Å². The fourth-order valence-electron chi connectivity index (χ4n) is 4.49. The number of hydrogen-bond acceptors (Lipinski definition) is 6. The minimum Gasteiger partial charge on any atom is -0.493 e. The van der Waals surface area contributed by atoms with E-state index < -0.39 is 11.6 Å². The summed E-state index contributed by atoms with van der Waals surface area (Å²) in [6.07, 6.45) is 1.58. The molecule has 0 saturated heterocycles. The molecule has 9 heteroatoms. The van der Waals surface area contributed by atoms with Gasteiger partial charge in [0.15, 0.2) is 11.5 Å². The minimum atomic E-state index is -0.961. The molecule has 1 N–H and O–H groups in total. The summed E-state index contributed by atoms with van der Waals surface area (Å²) in [5.41, 5.74) is 3.24. The van der Waals surface area contributed by atoms with E-state index >= 15 is 0 Å². The lowest BCUT2D eigenvalue weighted by Gasteiger charge is -2.35. The van der Waals surface area contributed by atoms with Crippen LogP contribution in [0.5, 0.6) is 11.5 Å². The highest BCUT2D eigenvalue weighted by molar-refractivity contribution is 6.02. The largest absolute Gasteiger partial charge is 0.493 e. The third-order valence-electron chi connectivity index (χ3n) is 7.17. The van der Waals surface area contributed by atoms with Crippen molar-refractivity contribution in [2.45, 2.75) is 58.7 Å². The van der Waals surface area contributed by atoms with Crippen molar-refractivity contribution in [2.75, 3.05) is 19.1 Å². The van der Waals surface area contributed by atoms with Gasteiger partial charge < -0.3 is 14.8 Å². The van der Waals surface area contributed by atoms with Crippen molar-refractivity contribution in [3.63, 3.8) is 0 Å². The summed E-state index contributed by atoms with van der Waals surface area (Å²) in [6, 6.07) is 19.5. The molecule has 0 bridgehead atoms. The molecular formula is C31H37N5O4. The molecular weight excluding hydrogens is 506 g/mol. The van der Waals surface area contributed by atoms with Gasteiger partial charge in [0, 0.05) is 17.3 Å². The zero-order valence-electron chi connectivity index (χ0n) is 24.0. The number of aryl methyl sites for hydroxylation is 1. The number of aromatic nitrogens is 3. The van der Waals surface area contributed by atoms with E-state index in [-0.39, 0.29) is 18.4 Å². The van der Waals surface area contributed by atoms with Crippen molar-refractivity contribution in [2.24, 2.45) is 0 Å². The van der Waals surface area contributed by atoms with Gasteiger partial charge in [0.25, 0.3) is 0 Å². The standard InChI is InChI=1S/C31H37N5O4/c1-7-21-13-15-22(16-14-21)29(30(38)32-31(3,4)8-2)36(23-17-18-26(39-5)27(19-23)40-6)28(37)20-35-25-12-10-9-11-24(25)33-34-35/h9-19,29H,7-8,20H2,1-6H3,(H,32,38)/t29-/m1/s1. The molecule has 0 aliphatic heterocycles. The SMILES string of the molecule is CCc1ccc([C@H](C(=O)NC(C)(C)CC)N(C(=O)Cn2nnc3ccccc32)c2ccc(OC)c(OC)c2)cc1. The van der Waals surface area contributed by atoms with Crippen molar-refractivity contribution >= 4 is 28.5 Å². The van der Waals surface area contributed by atoms with Crippen molar-refractivity contribution in [1.29, 1.82) is 0 Å². The molecule has 0 spiro atoms. The zero-order valence-corrected chi connectivity index (χ0v) is 24.0. The van der Waals surface area contributed by atoms with E-state index in [1.54, 1.807) is 30.0 Å². The van der Waals surface area contributed by atoms with Crippen molar-refractivity contribution in [3.8, 4) is 11.5 Å². The highest BCUT2D eigenvalue weighted by Gasteiger charge is 2.35. The van der Waals surface area contributed by atoms with Crippen LogP contribution in [-0.2, 0) is 22.6 Å². The normalized spacial score (nSPS) is 12.2. The summed E-state index contributed by atoms with van der Waals surface area (Å²) in [4.78, 5) is 29.9. The molecule has 0 fully saturated rings. The van der Waals surface area contributed by atoms with Crippen molar-refractivity contribution in [3.05, 3.63) is 77.9 Å². The van der Waals surface area contributed by atoms with E-state index in [1.807, 2.05) is 69.3 Å². The molecule has 4 rings (SSSR count). The van der Waals surface area contributed by atoms with Crippen molar-refractivity contribution < 1.29 is 19.1 Å². The fourth-order valence-corrected chi connectivity index (χ4v) is 4.49. The van der Waals surface area contributed by atoms with E-state index in [1.165, 1.54) is 12.0 Å². The van der Waals surface area contributed by atoms with Gasteiger partial charge in [-0.15, -0.1) is 5.10 Å². The number of fused-ring (bicyclic) bond motifs is 1. The smallest absolute Gasteiger partial charge is 0.249 e. The minimum absolute atomic E-state index is 0.122. The maximum Gasteiger partial charge on any atom is 0.249 e. The van der Waals surface area contributed by atoms with Gasteiger partial charge in [0.2, 0.25) is 11.8 Å². The number of benzene rings is 3. The van der Waals surface area contributed by atoms with Crippen LogP contribution < -0.4 is 19.7 Å². The molecule has 0 saturated carbocycles. The number of nitrogens with zero attached hydrogens (tertiary/aromatic N) is 4. The number of amides is 2. The number of nitrogens with one attached hydrogen (secondary N) is 1. The Hall–Kier alpha value is -4.40. The Bertz CT molecular complexity index is 1480. The van der Waals surface area contributed by atoms with Crippen LogP contribution in [0.25, 0.3) is 11.0 Å². The lowest BCUT2D eigenvalue weighted by Crippen LogP contribution is -2.51. The van der Waals surface area contributed by atoms with E-state index in [9.17, 15) is 9.59 Å². The van der Waals surface area contributed by atoms with Crippen LogP contribution in [-0.4, -0.2) is 46.6 Å². The van der Waals surface area contributed by atoms with Crippen LogP contribution >= 0.6 is 0 Å². The van der Waals surface area contributed by atoms with Crippen LogP contribution in [0, 0.1) is 0 Å². The summed E-state index contributed by atoms with van der Waals surface area (Å²) in [7, 11) is 3.08. The first-order valence-electron chi connectivity index (χ1n) is 13.4. The van der Waals surface area contributed by atoms with E-state index in [4.69, 9.17) is 9.47 Å². The van der Waals surface area contributed by atoms with E-state index in [0.29, 0.717) is 28.3 Å². The maximum atomic E-state index is 14.3. The molecule has 1 atom stereocenters. The topological polar surface area (TPSA) is 98.6 Å². The van der Waals surface area contributed by atoms with Gasteiger partial charge >= 0.3 is 0 Å². The molecule has 9 nitrogen and oxygen atoms in total. The van der Waals surface area contributed by atoms with E-state index in [0.717, 1.165) is 23.9 Å². The molecule has 0 aliphatic rings. The Balaban J connectivity index is 1.87. The number of methoxy groups -OCH3 is 2. The maximum absolute atomic E-state index is 14.3. The van der Waals surface area contributed by atoms with Gasteiger partial charge in [-0.25, -0.2) is 4.68 Å². The average Bonchev–Trinajstić information content (AvgIpc) is 3.37. The second-order valence-corrected chi connectivity index (χ2v) is 10.3. The molecule has 210 valence electrons. The molecule has 4 aromatic rings. The van der Waals surface area contributed by atoms with Gasteiger partial charge in [-0.2, -0.15) is 0 Å². The number of hydrogen-bond donors (Lipinski definition) is 1. The summed E-state index contributed by atoms with van der Waals surface area (Å²) >= 11 is 0. The van der Waals surface area contributed by atoms with Gasteiger partial charge in [-0.3, -0.25) is 14.5 Å². The number of ether oxygens (including phenoxy) is 2. The highest BCUT2D eigenvalue weighted by atomic mass is 16.5. The van der Waals surface area contributed by atoms with Crippen LogP contribution in [0.3, 0.4) is 0 Å². The first kappa shape index (κ1) is 28.6. The molecule has 0 unspecified atom stereocenters. The number of carbonyl (C=O) groups is 2. The summed E-state index contributed by atoms with van der Waals surface area (Å²) in [5, 5.41) is 11.6. The Labute approximate surface area is 235 Å². The predicted molar refractivity (Wildman–Crippen MR) is 156 cm³/mol. The Morgan fingerprint density at radius 1 is 0.975 bits per heavy atom. The van der Waals surface area contributed by atoms with Gasteiger partial charge in [0.1, 0.15) is 18.1 Å². The second-order valence-electron chi connectivity index (χ2n) is 10.3. The molecule has 1 heterocycles. The zero-order chi connectivity index (χ0) is 28.9. The highest BCUT2D eigenvalue weighted by Crippen LogP contribution is 2.36. The third kappa shape index (κ3) is 6.09. The molecule has 3 aromatic carbocycles. The van der Waals surface area contributed by atoms with Crippen LogP contribution in [0.4, 0.5) is 5.69 Å². The molecule has 40 heavy (non-hydrogen) atoms. The Morgan fingerprint density at radius 2 is 1.68 bits per heavy atom.